The molecule has 2 aliphatic heterocycles. The summed E-state index contributed by atoms with van der Waals surface area (Å²) in [5, 5.41) is 12.7. The van der Waals surface area contributed by atoms with Gasteiger partial charge in [-0.3, -0.25) is 14.9 Å². The molecule has 2 amide bonds. The summed E-state index contributed by atoms with van der Waals surface area (Å²) < 4.78 is 5.92. The molecule has 180 valence electrons. The van der Waals surface area contributed by atoms with Crippen molar-refractivity contribution in [2.45, 2.75) is 76.9 Å². The first-order valence-electron chi connectivity index (χ1n) is 12.0. The number of hydrogen-bond donors (Lipinski definition) is 2. The molecule has 1 atom stereocenters. The van der Waals surface area contributed by atoms with Crippen LogP contribution in [0, 0.1) is 0 Å². The van der Waals surface area contributed by atoms with E-state index in [1.165, 1.54) is 6.42 Å². The maximum atomic E-state index is 12.7. The molecular weight excluding hydrogens is 444 g/mol. The molecule has 2 N–H and O–H groups in total. The summed E-state index contributed by atoms with van der Waals surface area (Å²) in [4.78, 5) is 33.0. The minimum absolute atomic E-state index is 0.00808. The molecule has 4 rings (SSSR count). The van der Waals surface area contributed by atoms with Crippen molar-refractivity contribution in [1.29, 1.82) is 0 Å². The Morgan fingerprint density at radius 1 is 1.30 bits per heavy atom. The highest BCUT2D eigenvalue weighted by atomic mass is 35.5. The number of rotatable bonds is 9. The van der Waals surface area contributed by atoms with E-state index in [2.05, 4.69) is 10.3 Å². The van der Waals surface area contributed by atoms with Crippen LogP contribution in [0.25, 0.3) is 0 Å². The lowest BCUT2D eigenvalue weighted by Gasteiger charge is -2.34. The largest absolute Gasteiger partial charge is 0.492 e. The van der Waals surface area contributed by atoms with Gasteiger partial charge in [0.15, 0.2) is 0 Å². The average molecular weight is 477 g/mol. The molecule has 0 aromatic heterocycles. The lowest BCUT2D eigenvalue weighted by Crippen LogP contribution is -2.43. The van der Waals surface area contributed by atoms with E-state index >= 15 is 0 Å². The number of benzene rings is 1. The average Bonchev–Trinajstić information content (AvgIpc) is 3.10. The quantitative estimate of drug-likeness (QED) is 0.533. The molecule has 9 heteroatoms. The molecule has 33 heavy (non-hydrogen) atoms. The number of aliphatic hydroxyl groups is 1. The van der Waals surface area contributed by atoms with Gasteiger partial charge in [0.2, 0.25) is 17.8 Å². The number of halogens is 1. The van der Waals surface area contributed by atoms with Crippen LogP contribution in [0.15, 0.2) is 17.1 Å². The van der Waals surface area contributed by atoms with Crippen molar-refractivity contribution in [2.24, 2.45) is 4.99 Å². The van der Waals surface area contributed by atoms with Gasteiger partial charge in [-0.05, 0) is 44.7 Å². The van der Waals surface area contributed by atoms with E-state index in [1.54, 1.807) is 6.07 Å². The van der Waals surface area contributed by atoms with Gasteiger partial charge in [-0.25, -0.2) is 4.99 Å². The minimum Gasteiger partial charge on any atom is -0.492 e. The highest BCUT2D eigenvalue weighted by Gasteiger charge is 2.37. The van der Waals surface area contributed by atoms with Crippen molar-refractivity contribution in [3.8, 4) is 5.75 Å². The van der Waals surface area contributed by atoms with E-state index < -0.39 is 0 Å². The van der Waals surface area contributed by atoms with Crippen LogP contribution in [0.1, 0.15) is 63.9 Å². The van der Waals surface area contributed by atoms with Crippen LogP contribution in [-0.2, 0) is 16.1 Å². The Morgan fingerprint density at radius 3 is 2.85 bits per heavy atom. The number of aliphatic hydroxyl groups excluding tert-OH is 1. The molecule has 1 aromatic carbocycles. The fourth-order valence-electron chi connectivity index (χ4n) is 4.87. The van der Waals surface area contributed by atoms with Gasteiger partial charge in [-0.15, -0.1) is 0 Å². The first-order chi connectivity index (χ1) is 16.0. The van der Waals surface area contributed by atoms with Crippen LogP contribution in [0.4, 0.5) is 5.69 Å². The number of aliphatic imine (C=N–C) groups is 1. The Kier molecular flexibility index (Phi) is 7.75. The summed E-state index contributed by atoms with van der Waals surface area (Å²) >= 11 is 6.62. The number of carbonyl (C=O) groups excluding carboxylic acids is 2. The summed E-state index contributed by atoms with van der Waals surface area (Å²) in [5.41, 5.74) is 1.59. The molecule has 0 radical (unpaired) electrons. The van der Waals surface area contributed by atoms with E-state index in [9.17, 15) is 14.7 Å². The zero-order valence-corrected chi connectivity index (χ0v) is 19.9. The van der Waals surface area contributed by atoms with Crippen LogP contribution >= 0.6 is 11.6 Å². The number of nitrogens with one attached hydrogen (secondary N) is 1. The topological polar surface area (TPSA) is 94.5 Å². The number of fused-ring (bicyclic) bond motifs is 2. The molecule has 3 aliphatic rings. The second-order valence-corrected chi connectivity index (χ2v) is 9.39. The Morgan fingerprint density at radius 2 is 2.09 bits per heavy atom. The summed E-state index contributed by atoms with van der Waals surface area (Å²) in [5.74, 6) is 1.22. The number of unbranched alkanes of at least 4 members (excludes halogenated alkanes) is 1. The van der Waals surface area contributed by atoms with Crippen molar-refractivity contribution in [3.63, 3.8) is 0 Å². The normalized spacial score (nSPS) is 20.1. The van der Waals surface area contributed by atoms with Gasteiger partial charge >= 0.3 is 0 Å². The molecule has 1 aliphatic carbocycles. The third-order valence-electron chi connectivity index (χ3n) is 6.81. The lowest BCUT2D eigenvalue weighted by molar-refractivity contribution is -0.135. The standard InChI is InChI=1S/C24H33ClN4O4/c1-16-23(32)27-24-26-19-10-11-20(22(25)18(19)15-29(16)24)33-14-6-5-9-21(31)28(12-13-30)17-7-3-2-4-8-17/h10-11,16-17,30H,2-9,12-15H2,1H3,(H,26,27,32). The highest BCUT2D eigenvalue weighted by Crippen LogP contribution is 2.39. The molecule has 8 nitrogen and oxygen atoms in total. The molecule has 0 spiro atoms. The smallest absolute Gasteiger partial charge is 0.249 e. The van der Waals surface area contributed by atoms with Crippen molar-refractivity contribution < 1.29 is 19.4 Å². The number of carbonyl (C=O) groups is 2. The van der Waals surface area contributed by atoms with Gasteiger partial charge in [0.1, 0.15) is 11.8 Å². The van der Waals surface area contributed by atoms with E-state index in [0.29, 0.717) is 42.8 Å². The van der Waals surface area contributed by atoms with Gasteiger partial charge in [-0.2, -0.15) is 0 Å². The molecular formula is C24H33ClN4O4. The maximum Gasteiger partial charge on any atom is 0.249 e. The number of nitrogens with zero attached hydrogens (tertiary/aromatic N) is 3. The van der Waals surface area contributed by atoms with E-state index in [4.69, 9.17) is 16.3 Å². The van der Waals surface area contributed by atoms with Crippen LogP contribution < -0.4 is 10.1 Å². The van der Waals surface area contributed by atoms with Crippen molar-refractivity contribution in [1.82, 2.24) is 15.1 Å². The molecule has 1 aromatic rings. The minimum atomic E-state index is -0.283. The van der Waals surface area contributed by atoms with Crippen LogP contribution in [-0.4, -0.2) is 64.5 Å². The highest BCUT2D eigenvalue weighted by molar-refractivity contribution is 6.33. The fourth-order valence-corrected chi connectivity index (χ4v) is 5.15. The monoisotopic (exact) mass is 476 g/mol. The zero-order chi connectivity index (χ0) is 23.4. The van der Waals surface area contributed by atoms with E-state index in [-0.39, 0.29) is 30.5 Å². The Hall–Kier alpha value is -2.32. The summed E-state index contributed by atoms with van der Waals surface area (Å²) in [6, 6.07) is 3.65. The Labute approximate surface area is 199 Å². The van der Waals surface area contributed by atoms with Crippen LogP contribution in [0.2, 0.25) is 5.02 Å². The molecule has 2 fully saturated rings. The third kappa shape index (κ3) is 5.27. The van der Waals surface area contributed by atoms with Gasteiger partial charge < -0.3 is 19.6 Å². The third-order valence-corrected chi connectivity index (χ3v) is 7.23. The predicted molar refractivity (Wildman–Crippen MR) is 127 cm³/mol. The number of guanidine groups is 1. The fraction of sp³-hybridized carbons (Fsp3) is 0.625. The van der Waals surface area contributed by atoms with Crippen LogP contribution in [0.5, 0.6) is 5.75 Å². The molecule has 2 heterocycles. The Bertz CT molecular complexity index is 916. The Balaban J connectivity index is 1.27. The summed E-state index contributed by atoms with van der Waals surface area (Å²) in [6.07, 6.45) is 7.55. The number of amides is 2. The van der Waals surface area contributed by atoms with E-state index in [1.807, 2.05) is 22.8 Å². The summed E-state index contributed by atoms with van der Waals surface area (Å²) in [6.45, 7) is 3.23. The van der Waals surface area contributed by atoms with Gasteiger partial charge in [0, 0.05) is 24.6 Å². The maximum absolute atomic E-state index is 12.7. The van der Waals surface area contributed by atoms with Crippen molar-refractivity contribution in [3.05, 3.63) is 22.7 Å². The number of hydrogen-bond acceptors (Lipinski definition) is 6. The van der Waals surface area contributed by atoms with Gasteiger partial charge in [0.05, 0.1) is 30.5 Å². The SMILES string of the molecule is CC1C(=O)NC2=Nc3ccc(OCCCCC(=O)N(CCO)C4CCCCC4)c(Cl)c3CN21. The second kappa shape index (κ2) is 10.7. The van der Waals surface area contributed by atoms with Crippen molar-refractivity contribution >= 4 is 35.1 Å². The first-order valence-corrected chi connectivity index (χ1v) is 12.4. The summed E-state index contributed by atoms with van der Waals surface area (Å²) in [7, 11) is 0. The zero-order valence-electron chi connectivity index (χ0n) is 19.2. The van der Waals surface area contributed by atoms with E-state index in [0.717, 1.165) is 49.8 Å². The second-order valence-electron chi connectivity index (χ2n) is 9.01. The molecule has 1 saturated heterocycles. The molecule has 1 unspecified atom stereocenters. The first kappa shape index (κ1) is 23.8. The predicted octanol–water partition coefficient (Wildman–Crippen LogP) is 3.36. The van der Waals surface area contributed by atoms with Gasteiger partial charge in [0.25, 0.3) is 0 Å². The molecule has 1 saturated carbocycles. The molecule has 0 bridgehead atoms. The number of ether oxygens (including phenoxy) is 1. The van der Waals surface area contributed by atoms with Crippen molar-refractivity contribution in [2.75, 3.05) is 19.8 Å². The van der Waals surface area contributed by atoms with Gasteiger partial charge in [-0.1, -0.05) is 30.9 Å². The van der Waals surface area contributed by atoms with Crippen LogP contribution in [0.3, 0.4) is 0 Å². The lowest BCUT2D eigenvalue weighted by atomic mass is 9.94.